The van der Waals surface area contributed by atoms with Crippen molar-refractivity contribution in [3.63, 3.8) is 0 Å². The Hall–Kier alpha value is -4.89. The van der Waals surface area contributed by atoms with Crippen LogP contribution in [-0.2, 0) is 26.5 Å². The first-order valence-corrected chi connectivity index (χ1v) is 15.9. The molecule has 4 heteroatoms. The molecule has 0 saturated heterocycles. The Labute approximate surface area is 310 Å². The fraction of sp³-hybridized carbons (Fsp3) is 0.156. The molecule has 0 bridgehead atoms. The van der Waals surface area contributed by atoms with Crippen molar-refractivity contribution in [3.8, 4) is 33.6 Å². The molecule has 0 aliphatic carbocycles. The second-order valence-corrected chi connectivity index (χ2v) is 13.1. The van der Waals surface area contributed by atoms with Crippen LogP contribution in [0.25, 0.3) is 66.4 Å². The third kappa shape index (κ3) is 7.57. The van der Waals surface area contributed by atoms with Gasteiger partial charge in [0.05, 0.1) is 0 Å². The van der Waals surface area contributed by atoms with Crippen LogP contribution in [0.3, 0.4) is 0 Å². The summed E-state index contributed by atoms with van der Waals surface area (Å²) in [5.41, 5.74) is 9.27. The second-order valence-electron chi connectivity index (χ2n) is 13.1. The van der Waals surface area contributed by atoms with E-state index >= 15 is 0 Å². The minimum Gasteiger partial charge on any atom is -0.456 e. The Morgan fingerprint density at radius 2 is 1.53 bits per heavy atom. The average molecular weight is 821 g/mol. The molecule has 8 rings (SSSR count). The monoisotopic (exact) mass is 821 g/mol. The minimum absolute atomic E-state index is 0. The third-order valence-electron chi connectivity index (χ3n) is 8.20. The molecular formula is C45H38IrN2O-2. The number of nitrogens with zero attached hydrogens (tertiary/aromatic N) is 2. The van der Waals surface area contributed by atoms with Gasteiger partial charge in [-0.25, -0.2) is 0 Å². The molecule has 0 saturated carbocycles. The summed E-state index contributed by atoms with van der Waals surface area (Å²) in [7, 11) is 0. The molecule has 0 atom stereocenters. The summed E-state index contributed by atoms with van der Waals surface area (Å²) in [6.45, 7) is 2.45. The van der Waals surface area contributed by atoms with Crippen molar-refractivity contribution >= 4 is 32.7 Å². The zero-order valence-electron chi connectivity index (χ0n) is 33.5. The van der Waals surface area contributed by atoms with Crippen molar-refractivity contribution in [3.05, 3.63) is 156 Å². The quantitative estimate of drug-likeness (QED) is 0.166. The number of pyridine rings is 2. The van der Waals surface area contributed by atoms with Gasteiger partial charge in [0.25, 0.3) is 0 Å². The number of para-hydroxylation sites is 1. The summed E-state index contributed by atoms with van der Waals surface area (Å²) in [6, 6.07) is 43.6. The van der Waals surface area contributed by atoms with E-state index in [2.05, 4.69) is 110 Å². The van der Waals surface area contributed by atoms with E-state index in [4.69, 9.17) is 12.6 Å². The largest absolute Gasteiger partial charge is 0.456 e. The number of rotatable bonds is 4. The van der Waals surface area contributed by atoms with Crippen LogP contribution in [0.4, 0.5) is 0 Å². The molecule has 1 radical (unpaired) electrons. The molecule has 8 aromatic rings. The van der Waals surface area contributed by atoms with Crippen LogP contribution < -0.4 is 0 Å². The van der Waals surface area contributed by atoms with Crippen LogP contribution in [0.1, 0.15) is 45.7 Å². The molecule has 0 N–H and O–H groups in total. The number of hydrogen-bond acceptors (Lipinski definition) is 3. The Balaban J connectivity index is 0.000000211. The first-order valence-electron chi connectivity index (χ1n) is 18.9. The topological polar surface area (TPSA) is 38.9 Å². The van der Waals surface area contributed by atoms with Gasteiger partial charge in [0.15, 0.2) is 0 Å². The summed E-state index contributed by atoms with van der Waals surface area (Å²) in [5, 5.41) is 4.75. The van der Waals surface area contributed by atoms with Gasteiger partial charge in [0.2, 0.25) is 0 Å². The predicted octanol–water partition coefficient (Wildman–Crippen LogP) is 12.0. The van der Waals surface area contributed by atoms with Crippen LogP contribution in [0.15, 0.2) is 132 Å². The zero-order chi connectivity index (χ0) is 38.3. The summed E-state index contributed by atoms with van der Waals surface area (Å²) in [5.74, 6) is 0. The Morgan fingerprint density at radius 3 is 2.31 bits per heavy atom. The molecule has 0 fully saturated rings. The molecule has 0 aliphatic heterocycles. The number of fused-ring (bicyclic) bond motifs is 5. The summed E-state index contributed by atoms with van der Waals surface area (Å²) < 4.78 is 49.8. The number of hydrogen-bond donors (Lipinski definition) is 0. The number of aryl methyl sites for hydroxylation is 2. The van der Waals surface area contributed by atoms with Crippen molar-refractivity contribution in [1.29, 1.82) is 0 Å². The van der Waals surface area contributed by atoms with E-state index in [0.717, 1.165) is 39.8 Å². The summed E-state index contributed by atoms with van der Waals surface area (Å²) >= 11 is 0. The number of aromatic nitrogens is 2. The van der Waals surface area contributed by atoms with E-state index in [0.29, 0.717) is 11.3 Å². The maximum Gasteiger partial charge on any atom is 0.136 e. The van der Waals surface area contributed by atoms with Crippen molar-refractivity contribution < 1.29 is 32.7 Å². The van der Waals surface area contributed by atoms with Crippen LogP contribution in [0.2, 0.25) is 0 Å². The second kappa shape index (κ2) is 14.3. The standard InChI is InChI=1S/C32H26NO.C13H12N.Ir/c1-32(2,3)20-21-16-17-33-28(18-21)23-9-6-8-22(19-23)24-11-7-12-26-25(24)14-15-30-31(26)27-10-4-5-13-29(27)34-30;1-10-3-6-12(7-4-10)13-8-5-11(2)9-14-13;/h4-8,10-19H,20H2,1-3H3;3-6,8-9H,1-2H3;/q2*-1;/i;1D3,2D3;. The van der Waals surface area contributed by atoms with Crippen molar-refractivity contribution in [2.45, 2.75) is 40.9 Å². The van der Waals surface area contributed by atoms with Gasteiger partial charge in [-0.1, -0.05) is 93.9 Å². The summed E-state index contributed by atoms with van der Waals surface area (Å²) in [6.07, 6.45) is 4.23. The van der Waals surface area contributed by atoms with Gasteiger partial charge in [-0.15, -0.1) is 70.8 Å². The first kappa shape index (κ1) is 27.0. The Bertz CT molecular complexity index is 2530. The smallest absolute Gasteiger partial charge is 0.136 e. The molecule has 0 aliphatic rings. The fourth-order valence-corrected chi connectivity index (χ4v) is 6.10. The zero-order valence-corrected chi connectivity index (χ0v) is 29.9. The molecule has 3 nitrogen and oxygen atoms in total. The average Bonchev–Trinajstić information content (AvgIpc) is 3.53. The van der Waals surface area contributed by atoms with Gasteiger partial charge in [-0.05, 0) is 70.2 Å². The van der Waals surface area contributed by atoms with Crippen LogP contribution in [0, 0.1) is 31.3 Å². The fourth-order valence-electron chi connectivity index (χ4n) is 6.10. The van der Waals surface area contributed by atoms with Gasteiger partial charge in [0.1, 0.15) is 11.2 Å². The van der Waals surface area contributed by atoms with Gasteiger partial charge in [-0.3, -0.25) is 0 Å². The predicted molar refractivity (Wildman–Crippen MR) is 200 cm³/mol. The minimum atomic E-state index is -2.18. The number of benzene rings is 5. The molecule has 49 heavy (non-hydrogen) atoms. The molecule has 0 amide bonds. The van der Waals surface area contributed by atoms with Crippen LogP contribution in [-0.4, -0.2) is 9.97 Å². The molecular weight excluding hydrogens is 777 g/mol. The molecule has 0 spiro atoms. The van der Waals surface area contributed by atoms with Crippen molar-refractivity contribution in [2.24, 2.45) is 5.41 Å². The first-order chi connectivity index (χ1) is 25.6. The molecule has 3 aromatic heterocycles. The Kier molecular flexibility index (Phi) is 7.88. The summed E-state index contributed by atoms with van der Waals surface area (Å²) in [4.78, 5) is 8.74. The van der Waals surface area contributed by atoms with E-state index in [-0.39, 0.29) is 36.6 Å². The normalized spacial score (nSPS) is 13.6. The Morgan fingerprint density at radius 1 is 0.694 bits per heavy atom. The SMILES string of the molecule is CC(C)(C)Cc1ccnc(-c2[c-]ccc(-c3cccc4c3ccc3oc5ccccc5c34)c2)c1.[2H]C([2H])([2H])c1c[c-]c(-c2ccc(C([2H])([2H])[2H])cn2)cc1.[Ir]. The van der Waals surface area contributed by atoms with Gasteiger partial charge in [-0.2, -0.15) is 0 Å². The molecule has 0 unspecified atom stereocenters. The van der Waals surface area contributed by atoms with E-state index < -0.39 is 13.7 Å². The van der Waals surface area contributed by atoms with Crippen molar-refractivity contribution in [1.82, 2.24) is 9.97 Å². The van der Waals surface area contributed by atoms with Gasteiger partial charge < -0.3 is 14.4 Å². The van der Waals surface area contributed by atoms with Gasteiger partial charge >= 0.3 is 0 Å². The van der Waals surface area contributed by atoms with Crippen molar-refractivity contribution in [2.75, 3.05) is 0 Å². The number of furan rings is 1. The molecule has 245 valence electrons. The van der Waals surface area contributed by atoms with E-state index in [9.17, 15) is 0 Å². The third-order valence-corrected chi connectivity index (χ3v) is 8.20. The maximum absolute atomic E-state index is 7.28. The maximum atomic E-state index is 7.28. The van der Waals surface area contributed by atoms with E-state index in [1.807, 2.05) is 24.4 Å². The van der Waals surface area contributed by atoms with Gasteiger partial charge in [0, 0.05) is 51.5 Å². The molecule has 5 aromatic carbocycles. The van der Waals surface area contributed by atoms with Crippen LogP contribution >= 0.6 is 0 Å². The van der Waals surface area contributed by atoms with Crippen LogP contribution in [0.5, 0.6) is 0 Å². The van der Waals surface area contributed by atoms with E-state index in [1.54, 1.807) is 12.1 Å². The molecule has 3 heterocycles. The van der Waals surface area contributed by atoms with E-state index in [1.165, 1.54) is 51.7 Å².